The largest absolute Gasteiger partial charge is 0.392 e. The standard InChI is InChI=1S/C10H21NO2/c1-5-9-11(6-8(2)12)10(3,4)7-13-9/h8-9,12H,5-7H2,1-4H3. The number of ether oxygens (including phenoxy) is 1. The molecule has 1 N–H and O–H groups in total. The molecule has 0 aliphatic carbocycles. The molecular formula is C10H21NO2. The molecule has 0 amide bonds. The van der Waals surface area contributed by atoms with E-state index in [1.807, 2.05) is 6.92 Å². The van der Waals surface area contributed by atoms with Crippen LogP contribution < -0.4 is 0 Å². The second kappa shape index (κ2) is 3.95. The van der Waals surface area contributed by atoms with E-state index in [0.717, 1.165) is 13.0 Å². The maximum Gasteiger partial charge on any atom is 0.111 e. The molecule has 0 aromatic carbocycles. The molecule has 3 heteroatoms. The van der Waals surface area contributed by atoms with Crippen molar-refractivity contribution in [3.8, 4) is 0 Å². The van der Waals surface area contributed by atoms with E-state index in [2.05, 4.69) is 25.7 Å². The maximum atomic E-state index is 9.36. The molecule has 0 spiro atoms. The highest BCUT2D eigenvalue weighted by molar-refractivity contribution is 4.89. The fourth-order valence-corrected chi connectivity index (χ4v) is 1.85. The summed E-state index contributed by atoms with van der Waals surface area (Å²) in [6.07, 6.45) is 0.885. The Hall–Kier alpha value is -0.120. The van der Waals surface area contributed by atoms with Crippen LogP contribution in [0, 0.1) is 0 Å². The average molecular weight is 187 g/mol. The highest BCUT2D eigenvalue weighted by Crippen LogP contribution is 2.28. The molecule has 3 nitrogen and oxygen atoms in total. The molecule has 78 valence electrons. The Labute approximate surface area is 80.7 Å². The molecule has 2 atom stereocenters. The van der Waals surface area contributed by atoms with Crippen molar-refractivity contribution in [2.45, 2.75) is 52.0 Å². The predicted octanol–water partition coefficient (Wildman–Crippen LogP) is 1.21. The molecule has 0 aromatic heterocycles. The zero-order valence-corrected chi connectivity index (χ0v) is 9.08. The first-order valence-electron chi connectivity index (χ1n) is 5.04. The van der Waals surface area contributed by atoms with Crippen molar-refractivity contribution >= 4 is 0 Å². The van der Waals surface area contributed by atoms with Gasteiger partial charge in [-0.2, -0.15) is 0 Å². The summed E-state index contributed by atoms with van der Waals surface area (Å²) in [6.45, 7) is 9.71. The summed E-state index contributed by atoms with van der Waals surface area (Å²) in [6, 6.07) is 0. The number of β-amino-alcohol motifs (C(OH)–C–C–N with tert-alkyl or cyclic N) is 1. The number of rotatable bonds is 3. The van der Waals surface area contributed by atoms with Gasteiger partial charge in [-0.15, -0.1) is 0 Å². The maximum absolute atomic E-state index is 9.36. The van der Waals surface area contributed by atoms with Crippen molar-refractivity contribution in [1.82, 2.24) is 4.90 Å². The van der Waals surface area contributed by atoms with Gasteiger partial charge in [-0.25, -0.2) is 0 Å². The van der Waals surface area contributed by atoms with Crippen molar-refractivity contribution < 1.29 is 9.84 Å². The Morgan fingerprint density at radius 2 is 2.23 bits per heavy atom. The van der Waals surface area contributed by atoms with E-state index in [1.54, 1.807) is 0 Å². The lowest BCUT2D eigenvalue weighted by Gasteiger charge is -2.33. The third-order valence-corrected chi connectivity index (χ3v) is 2.56. The van der Waals surface area contributed by atoms with Crippen LogP contribution in [0.25, 0.3) is 0 Å². The molecule has 0 saturated carbocycles. The van der Waals surface area contributed by atoms with E-state index in [9.17, 15) is 5.11 Å². The second-order valence-corrected chi connectivity index (χ2v) is 4.49. The first-order valence-corrected chi connectivity index (χ1v) is 5.04. The van der Waals surface area contributed by atoms with Crippen LogP contribution in [0.2, 0.25) is 0 Å². The zero-order valence-electron chi connectivity index (χ0n) is 9.08. The van der Waals surface area contributed by atoms with Crippen LogP contribution in [-0.4, -0.2) is 41.0 Å². The Morgan fingerprint density at radius 3 is 2.69 bits per heavy atom. The monoisotopic (exact) mass is 187 g/mol. The Balaban J connectivity index is 2.63. The summed E-state index contributed by atoms with van der Waals surface area (Å²) in [5, 5.41) is 9.36. The first kappa shape index (κ1) is 11.0. The molecule has 0 radical (unpaired) electrons. The van der Waals surface area contributed by atoms with Gasteiger partial charge in [0.1, 0.15) is 6.23 Å². The van der Waals surface area contributed by atoms with Gasteiger partial charge in [-0.05, 0) is 27.2 Å². The van der Waals surface area contributed by atoms with E-state index in [1.165, 1.54) is 0 Å². The SMILES string of the molecule is CCC1OCC(C)(C)N1CC(C)O. The smallest absolute Gasteiger partial charge is 0.111 e. The number of aliphatic hydroxyl groups excluding tert-OH is 1. The summed E-state index contributed by atoms with van der Waals surface area (Å²) in [5.41, 5.74) is 0.0671. The molecule has 13 heavy (non-hydrogen) atoms. The van der Waals surface area contributed by atoms with Crippen molar-refractivity contribution in [2.24, 2.45) is 0 Å². The van der Waals surface area contributed by atoms with Crippen LogP contribution in [-0.2, 0) is 4.74 Å². The minimum Gasteiger partial charge on any atom is -0.392 e. The van der Waals surface area contributed by atoms with Crippen LogP contribution in [0.3, 0.4) is 0 Å². The van der Waals surface area contributed by atoms with Crippen molar-refractivity contribution in [3.63, 3.8) is 0 Å². The summed E-state index contributed by atoms with van der Waals surface area (Å²) in [4.78, 5) is 2.25. The van der Waals surface area contributed by atoms with Crippen LogP contribution in [0.1, 0.15) is 34.1 Å². The van der Waals surface area contributed by atoms with Gasteiger partial charge in [-0.3, -0.25) is 4.90 Å². The number of aliphatic hydroxyl groups is 1. The fraction of sp³-hybridized carbons (Fsp3) is 1.00. The topological polar surface area (TPSA) is 32.7 Å². The summed E-state index contributed by atoms with van der Waals surface area (Å²) >= 11 is 0. The van der Waals surface area contributed by atoms with Gasteiger partial charge in [0.25, 0.3) is 0 Å². The quantitative estimate of drug-likeness (QED) is 0.721. The Bertz CT molecular complexity index is 168. The van der Waals surface area contributed by atoms with Gasteiger partial charge in [0.15, 0.2) is 0 Å². The highest BCUT2D eigenvalue weighted by atomic mass is 16.5. The summed E-state index contributed by atoms with van der Waals surface area (Å²) < 4.78 is 5.65. The van der Waals surface area contributed by atoms with Gasteiger partial charge in [0, 0.05) is 12.1 Å². The normalized spacial score (nSPS) is 30.7. The first-order chi connectivity index (χ1) is 5.97. The Morgan fingerprint density at radius 1 is 1.62 bits per heavy atom. The second-order valence-electron chi connectivity index (χ2n) is 4.49. The fourth-order valence-electron chi connectivity index (χ4n) is 1.85. The molecule has 0 bridgehead atoms. The van der Waals surface area contributed by atoms with E-state index >= 15 is 0 Å². The van der Waals surface area contributed by atoms with Crippen LogP contribution in [0.4, 0.5) is 0 Å². The predicted molar refractivity (Wildman–Crippen MR) is 52.5 cm³/mol. The van der Waals surface area contributed by atoms with Gasteiger partial charge in [-0.1, -0.05) is 6.92 Å². The third-order valence-electron chi connectivity index (χ3n) is 2.56. The molecule has 1 rings (SSSR count). The van der Waals surface area contributed by atoms with E-state index in [0.29, 0.717) is 6.54 Å². The van der Waals surface area contributed by atoms with Gasteiger partial charge in [0.2, 0.25) is 0 Å². The van der Waals surface area contributed by atoms with E-state index in [4.69, 9.17) is 4.74 Å². The lowest BCUT2D eigenvalue weighted by atomic mass is 10.0. The Kier molecular flexibility index (Phi) is 3.33. The van der Waals surface area contributed by atoms with Gasteiger partial charge in [0.05, 0.1) is 12.7 Å². The van der Waals surface area contributed by atoms with E-state index in [-0.39, 0.29) is 17.9 Å². The summed E-state index contributed by atoms with van der Waals surface area (Å²) in [7, 11) is 0. The van der Waals surface area contributed by atoms with Crippen LogP contribution >= 0.6 is 0 Å². The average Bonchev–Trinajstić information content (AvgIpc) is 2.27. The lowest BCUT2D eigenvalue weighted by molar-refractivity contribution is -0.00151. The minimum absolute atomic E-state index is 0.0671. The van der Waals surface area contributed by atoms with Gasteiger partial charge >= 0.3 is 0 Å². The molecule has 1 fully saturated rings. The van der Waals surface area contributed by atoms with Crippen LogP contribution in [0.5, 0.6) is 0 Å². The lowest BCUT2D eigenvalue weighted by Crippen LogP contribution is -2.47. The van der Waals surface area contributed by atoms with Crippen molar-refractivity contribution in [2.75, 3.05) is 13.2 Å². The molecular weight excluding hydrogens is 166 g/mol. The molecule has 1 heterocycles. The van der Waals surface area contributed by atoms with Crippen LogP contribution in [0.15, 0.2) is 0 Å². The molecule has 1 aliphatic heterocycles. The highest BCUT2D eigenvalue weighted by Gasteiger charge is 2.39. The van der Waals surface area contributed by atoms with Gasteiger partial charge < -0.3 is 9.84 Å². The third kappa shape index (κ3) is 2.42. The zero-order chi connectivity index (χ0) is 10.1. The number of hydrogen-bond acceptors (Lipinski definition) is 3. The molecule has 0 aromatic rings. The van der Waals surface area contributed by atoms with Crippen molar-refractivity contribution in [1.29, 1.82) is 0 Å². The minimum atomic E-state index is -0.282. The molecule has 1 aliphatic rings. The number of nitrogens with zero attached hydrogens (tertiary/aromatic N) is 1. The van der Waals surface area contributed by atoms with E-state index < -0.39 is 0 Å². The molecule has 1 saturated heterocycles. The summed E-state index contributed by atoms with van der Waals surface area (Å²) in [5.74, 6) is 0. The van der Waals surface area contributed by atoms with Crippen molar-refractivity contribution in [3.05, 3.63) is 0 Å². The molecule has 2 unspecified atom stereocenters. The number of hydrogen-bond donors (Lipinski definition) is 1.